The molecule has 1 heterocycles. The number of carboxylic acid groups (broad SMARTS) is 1. The number of hydrogen-bond acceptors (Lipinski definition) is 4. The predicted molar refractivity (Wildman–Crippen MR) is 70.9 cm³/mol. The highest BCUT2D eigenvalue weighted by Crippen LogP contribution is 2.17. The minimum Gasteiger partial charge on any atom is -0.480 e. The molecule has 20 heavy (non-hydrogen) atoms. The highest BCUT2D eigenvalue weighted by molar-refractivity contribution is 5.84. The van der Waals surface area contributed by atoms with Crippen LogP contribution in [0.4, 0.5) is 0 Å². The lowest BCUT2D eigenvalue weighted by Crippen LogP contribution is -2.39. The average Bonchev–Trinajstić information content (AvgIpc) is 2.88. The monoisotopic (exact) mass is 274 g/mol. The second kappa shape index (κ2) is 6.01. The molecule has 1 amide bonds. The summed E-state index contributed by atoms with van der Waals surface area (Å²) < 4.78 is 5.30. The first kappa shape index (κ1) is 13.8. The van der Waals surface area contributed by atoms with Gasteiger partial charge < -0.3 is 14.8 Å². The molecule has 0 fully saturated rings. The van der Waals surface area contributed by atoms with Crippen LogP contribution in [0.15, 0.2) is 41.0 Å². The Morgan fingerprint density at radius 1 is 1.35 bits per heavy atom. The number of carbonyl (C=O) groups is 2. The van der Waals surface area contributed by atoms with Crippen LogP contribution in [0.5, 0.6) is 0 Å². The van der Waals surface area contributed by atoms with Crippen LogP contribution in [0, 0.1) is 0 Å². The van der Waals surface area contributed by atoms with Crippen molar-refractivity contribution >= 4 is 11.9 Å². The van der Waals surface area contributed by atoms with Gasteiger partial charge in [-0.05, 0) is 19.1 Å². The third-order valence-electron chi connectivity index (χ3n) is 2.66. The van der Waals surface area contributed by atoms with Gasteiger partial charge in [0, 0.05) is 5.56 Å². The van der Waals surface area contributed by atoms with Gasteiger partial charge in [-0.25, -0.2) is 4.98 Å². The molecule has 0 saturated carbocycles. The maximum absolute atomic E-state index is 11.6. The van der Waals surface area contributed by atoms with Gasteiger partial charge in [0.05, 0.1) is 12.1 Å². The summed E-state index contributed by atoms with van der Waals surface area (Å²) in [4.78, 5) is 26.4. The molecule has 0 saturated heterocycles. The smallest absolute Gasteiger partial charge is 0.325 e. The van der Waals surface area contributed by atoms with Gasteiger partial charge in [0.1, 0.15) is 12.3 Å². The number of amides is 1. The molecule has 0 radical (unpaired) electrons. The van der Waals surface area contributed by atoms with Gasteiger partial charge in [0.15, 0.2) is 0 Å². The Hall–Kier alpha value is -2.63. The number of oxazole rings is 1. The van der Waals surface area contributed by atoms with E-state index in [4.69, 9.17) is 9.52 Å². The van der Waals surface area contributed by atoms with Crippen molar-refractivity contribution in [2.24, 2.45) is 0 Å². The van der Waals surface area contributed by atoms with Crippen LogP contribution in [0.1, 0.15) is 12.6 Å². The number of hydrogen-bond donors (Lipinski definition) is 2. The molecule has 0 bridgehead atoms. The lowest BCUT2D eigenvalue weighted by atomic mass is 10.2. The summed E-state index contributed by atoms with van der Waals surface area (Å²) in [6.45, 7) is 1.40. The number of aromatic nitrogens is 1. The van der Waals surface area contributed by atoms with Crippen molar-refractivity contribution in [3.05, 3.63) is 42.3 Å². The largest absolute Gasteiger partial charge is 0.480 e. The van der Waals surface area contributed by atoms with Crippen molar-refractivity contribution in [2.75, 3.05) is 0 Å². The van der Waals surface area contributed by atoms with Gasteiger partial charge in [-0.15, -0.1) is 0 Å². The van der Waals surface area contributed by atoms with Crippen LogP contribution < -0.4 is 5.32 Å². The van der Waals surface area contributed by atoms with E-state index in [2.05, 4.69) is 10.3 Å². The molecular weight excluding hydrogens is 260 g/mol. The summed E-state index contributed by atoms with van der Waals surface area (Å²) in [6.07, 6.45) is 1.38. The van der Waals surface area contributed by atoms with Gasteiger partial charge in [0.2, 0.25) is 11.8 Å². The van der Waals surface area contributed by atoms with E-state index in [1.807, 2.05) is 30.3 Å². The molecule has 1 unspecified atom stereocenters. The van der Waals surface area contributed by atoms with Crippen LogP contribution in [-0.2, 0) is 16.0 Å². The van der Waals surface area contributed by atoms with Crippen LogP contribution in [0.25, 0.3) is 11.5 Å². The van der Waals surface area contributed by atoms with E-state index < -0.39 is 17.9 Å². The number of carbonyl (C=O) groups excluding carboxylic acids is 1. The first-order valence-corrected chi connectivity index (χ1v) is 6.08. The number of benzene rings is 1. The van der Waals surface area contributed by atoms with E-state index in [1.54, 1.807) is 0 Å². The average molecular weight is 274 g/mol. The van der Waals surface area contributed by atoms with Crippen molar-refractivity contribution in [3.63, 3.8) is 0 Å². The predicted octanol–water partition coefficient (Wildman–Crippen LogP) is 1.47. The van der Waals surface area contributed by atoms with Crippen molar-refractivity contribution in [2.45, 2.75) is 19.4 Å². The first-order chi connectivity index (χ1) is 9.56. The Morgan fingerprint density at radius 2 is 2.05 bits per heavy atom. The fourth-order valence-corrected chi connectivity index (χ4v) is 1.62. The number of aliphatic carboxylic acids is 1. The minimum atomic E-state index is -1.08. The Balaban J connectivity index is 2.00. The topological polar surface area (TPSA) is 92.4 Å². The molecule has 0 aliphatic rings. The van der Waals surface area contributed by atoms with Crippen LogP contribution in [0.3, 0.4) is 0 Å². The molecule has 1 aromatic carbocycles. The third kappa shape index (κ3) is 3.44. The lowest BCUT2D eigenvalue weighted by molar-refractivity contribution is -0.141. The molecule has 104 valence electrons. The number of nitrogens with one attached hydrogen (secondary N) is 1. The molecule has 6 nitrogen and oxygen atoms in total. The van der Waals surface area contributed by atoms with E-state index in [0.29, 0.717) is 11.6 Å². The summed E-state index contributed by atoms with van der Waals surface area (Å²) in [6, 6.07) is 8.38. The summed E-state index contributed by atoms with van der Waals surface area (Å²) in [5, 5.41) is 11.1. The maximum Gasteiger partial charge on any atom is 0.325 e. The molecule has 1 aromatic heterocycles. The Kier molecular flexibility index (Phi) is 4.14. The Morgan fingerprint density at radius 3 is 2.70 bits per heavy atom. The second-order valence-electron chi connectivity index (χ2n) is 4.31. The Bertz CT molecular complexity index is 607. The van der Waals surface area contributed by atoms with Crippen LogP contribution in [0.2, 0.25) is 0 Å². The summed E-state index contributed by atoms with van der Waals surface area (Å²) in [5.41, 5.74) is 1.28. The second-order valence-corrected chi connectivity index (χ2v) is 4.31. The molecule has 0 aliphatic heterocycles. The van der Waals surface area contributed by atoms with Gasteiger partial charge in [-0.2, -0.15) is 0 Å². The summed E-state index contributed by atoms with van der Waals surface area (Å²) in [7, 11) is 0. The highest BCUT2D eigenvalue weighted by atomic mass is 16.4. The van der Waals surface area contributed by atoms with Crippen molar-refractivity contribution in [1.29, 1.82) is 0 Å². The van der Waals surface area contributed by atoms with Gasteiger partial charge >= 0.3 is 5.97 Å². The van der Waals surface area contributed by atoms with Gasteiger partial charge in [-0.1, -0.05) is 18.2 Å². The zero-order chi connectivity index (χ0) is 14.5. The highest BCUT2D eigenvalue weighted by Gasteiger charge is 2.16. The fourth-order valence-electron chi connectivity index (χ4n) is 1.62. The summed E-state index contributed by atoms with van der Waals surface area (Å²) >= 11 is 0. The first-order valence-electron chi connectivity index (χ1n) is 6.08. The molecule has 6 heteroatoms. The Labute approximate surface area is 115 Å². The number of nitrogens with zero attached hydrogens (tertiary/aromatic N) is 1. The number of carboxylic acids is 1. The van der Waals surface area contributed by atoms with E-state index in [-0.39, 0.29) is 6.42 Å². The van der Waals surface area contributed by atoms with Crippen molar-refractivity contribution in [1.82, 2.24) is 10.3 Å². The third-order valence-corrected chi connectivity index (χ3v) is 2.66. The molecule has 2 rings (SSSR count). The zero-order valence-corrected chi connectivity index (χ0v) is 10.9. The van der Waals surface area contributed by atoms with Crippen LogP contribution in [-0.4, -0.2) is 28.0 Å². The van der Waals surface area contributed by atoms with E-state index in [1.165, 1.54) is 13.2 Å². The minimum absolute atomic E-state index is 0.0199. The van der Waals surface area contributed by atoms with Gasteiger partial charge in [0.25, 0.3) is 0 Å². The van der Waals surface area contributed by atoms with E-state index in [0.717, 1.165) is 5.56 Å². The maximum atomic E-state index is 11.6. The van der Waals surface area contributed by atoms with Crippen LogP contribution >= 0.6 is 0 Å². The van der Waals surface area contributed by atoms with Gasteiger partial charge in [-0.3, -0.25) is 9.59 Å². The molecule has 2 aromatic rings. The molecule has 0 spiro atoms. The molecule has 1 atom stereocenters. The van der Waals surface area contributed by atoms with E-state index >= 15 is 0 Å². The molecular formula is C14H14N2O4. The standard InChI is InChI=1S/C14H14N2O4/c1-9(14(18)19)15-12(17)7-11-8-20-13(16-11)10-5-3-2-4-6-10/h2-6,8-9H,7H2,1H3,(H,15,17)(H,18,19). The SMILES string of the molecule is CC(NC(=O)Cc1coc(-c2ccccc2)n1)C(=O)O. The quantitative estimate of drug-likeness (QED) is 0.861. The van der Waals surface area contributed by atoms with Crippen molar-refractivity contribution in [3.8, 4) is 11.5 Å². The number of rotatable bonds is 5. The molecule has 2 N–H and O–H groups in total. The molecule has 0 aliphatic carbocycles. The zero-order valence-electron chi connectivity index (χ0n) is 10.9. The lowest BCUT2D eigenvalue weighted by Gasteiger charge is -2.07. The van der Waals surface area contributed by atoms with E-state index in [9.17, 15) is 9.59 Å². The fraction of sp³-hybridized carbons (Fsp3) is 0.214. The van der Waals surface area contributed by atoms with Crippen molar-refractivity contribution < 1.29 is 19.1 Å². The normalized spacial score (nSPS) is 11.8. The summed E-state index contributed by atoms with van der Waals surface area (Å²) in [5.74, 6) is -1.06.